The number of ether oxygens (including phenoxy) is 1. The Labute approximate surface area is 157 Å². The summed E-state index contributed by atoms with van der Waals surface area (Å²) in [6.45, 7) is -0.332. The van der Waals surface area contributed by atoms with Gasteiger partial charge in [-0.2, -0.15) is 5.10 Å². The Morgan fingerprint density at radius 2 is 1.85 bits per heavy atom. The molecule has 0 saturated heterocycles. The number of nitrogens with one attached hydrogen (secondary N) is 1. The predicted octanol–water partition coefficient (Wildman–Crippen LogP) is 3.95. The fourth-order valence-corrected chi connectivity index (χ4v) is 3.56. The number of esters is 1. The van der Waals surface area contributed by atoms with Crippen molar-refractivity contribution in [2.45, 2.75) is 31.7 Å². The highest BCUT2D eigenvalue weighted by atomic mass is 16.5. The first-order valence-electron chi connectivity index (χ1n) is 9.20. The minimum atomic E-state index is -0.514. The third kappa shape index (κ3) is 3.84. The normalized spacial score (nSPS) is 14.4. The van der Waals surface area contributed by atoms with Crippen LogP contribution < -0.4 is 5.32 Å². The van der Waals surface area contributed by atoms with Gasteiger partial charge in [0.15, 0.2) is 6.61 Å². The third-order valence-corrected chi connectivity index (χ3v) is 4.93. The van der Waals surface area contributed by atoms with Crippen LogP contribution in [0.15, 0.2) is 54.7 Å². The number of aromatic nitrogens is 2. The van der Waals surface area contributed by atoms with Gasteiger partial charge in [0.25, 0.3) is 5.91 Å². The molecule has 1 N–H and O–H groups in total. The molecule has 0 atom stereocenters. The molecule has 1 aliphatic rings. The van der Waals surface area contributed by atoms with E-state index < -0.39 is 5.97 Å². The fraction of sp³-hybridized carbons (Fsp3) is 0.286. The quantitative estimate of drug-likeness (QED) is 0.697. The fourth-order valence-electron chi connectivity index (χ4n) is 3.56. The zero-order valence-corrected chi connectivity index (χ0v) is 14.9. The highest BCUT2D eigenvalue weighted by Gasteiger charge is 2.20. The second kappa shape index (κ2) is 7.61. The van der Waals surface area contributed by atoms with E-state index in [2.05, 4.69) is 10.4 Å². The minimum absolute atomic E-state index is 0.329. The summed E-state index contributed by atoms with van der Waals surface area (Å²) in [4.78, 5) is 24.4. The topological polar surface area (TPSA) is 73.2 Å². The minimum Gasteiger partial charge on any atom is -0.452 e. The van der Waals surface area contributed by atoms with E-state index in [1.165, 1.54) is 12.8 Å². The van der Waals surface area contributed by atoms with Crippen molar-refractivity contribution in [2.24, 2.45) is 0 Å². The van der Waals surface area contributed by atoms with Crippen LogP contribution in [0.4, 0.5) is 5.82 Å². The molecule has 0 spiro atoms. The summed E-state index contributed by atoms with van der Waals surface area (Å²) in [5, 5.41) is 9.11. The van der Waals surface area contributed by atoms with Crippen molar-refractivity contribution in [3.63, 3.8) is 0 Å². The van der Waals surface area contributed by atoms with Crippen LogP contribution in [-0.2, 0) is 9.53 Å². The van der Waals surface area contributed by atoms with E-state index in [0.29, 0.717) is 17.4 Å². The molecule has 27 heavy (non-hydrogen) atoms. The molecule has 0 radical (unpaired) electrons. The molecule has 2 aromatic carbocycles. The first kappa shape index (κ1) is 17.3. The molecule has 0 bridgehead atoms. The van der Waals surface area contributed by atoms with Crippen LogP contribution in [0.2, 0.25) is 0 Å². The smallest absolute Gasteiger partial charge is 0.338 e. The second-order valence-corrected chi connectivity index (χ2v) is 6.79. The number of fused-ring (bicyclic) bond motifs is 1. The Kier molecular flexibility index (Phi) is 4.87. The summed E-state index contributed by atoms with van der Waals surface area (Å²) >= 11 is 0. The average Bonchev–Trinajstić information content (AvgIpc) is 3.37. The third-order valence-electron chi connectivity index (χ3n) is 4.93. The van der Waals surface area contributed by atoms with E-state index in [1.54, 1.807) is 24.4 Å². The van der Waals surface area contributed by atoms with Gasteiger partial charge >= 0.3 is 5.97 Å². The first-order valence-corrected chi connectivity index (χ1v) is 9.20. The molecule has 6 nitrogen and oxygen atoms in total. The number of carbonyl (C=O) groups is 2. The van der Waals surface area contributed by atoms with Gasteiger partial charge in [-0.3, -0.25) is 4.79 Å². The van der Waals surface area contributed by atoms with Gasteiger partial charge in [-0.05, 0) is 35.7 Å². The van der Waals surface area contributed by atoms with Gasteiger partial charge in [-0.15, -0.1) is 0 Å². The highest BCUT2D eigenvalue weighted by molar-refractivity contribution is 5.97. The molecule has 1 fully saturated rings. The Bertz CT molecular complexity index is 973. The van der Waals surface area contributed by atoms with E-state index in [0.717, 1.165) is 23.6 Å². The van der Waals surface area contributed by atoms with Crippen molar-refractivity contribution in [1.29, 1.82) is 0 Å². The van der Waals surface area contributed by atoms with Crippen LogP contribution in [0.1, 0.15) is 42.1 Å². The molecular formula is C21H21N3O3. The zero-order chi connectivity index (χ0) is 18.6. The van der Waals surface area contributed by atoms with E-state index >= 15 is 0 Å². The lowest BCUT2D eigenvalue weighted by molar-refractivity contribution is -0.119. The maximum atomic E-state index is 12.3. The van der Waals surface area contributed by atoms with Gasteiger partial charge in [0.1, 0.15) is 5.82 Å². The molecule has 1 heterocycles. The summed E-state index contributed by atoms with van der Waals surface area (Å²) < 4.78 is 7.03. The van der Waals surface area contributed by atoms with Crippen LogP contribution in [0.3, 0.4) is 0 Å². The monoisotopic (exact) mass is 363 g/mol. The summed E-state index contributed by atoms with van der Waals surface area (Å²) in [6, 6.07) is 15.2. The largest absolute Gasteiger partial charge is 0.452 e. The maximum absolute atomic E-state index is 12.3. The molecule has 138 valence electrons. The molecule has 4 rings (SSSR count). The van der Waals surface area contributed by atoms with E-state index in [4.69, 9.17) is 4.74 Å². The predicted molar refractivity (Wildman–Crippen MR) is 103 cm³/mol. The summed E-state index contributed by atoms with van der Waals surface area (Å²) in [5.74, 6) is -0.238. The average molecular weight is 363 g/mol. The second-order valence-electron chi connectivity index (χ2n) is 6.79. The molecule has 1 aliphatic carbocycles. The van der Waals surface area contributed by atoms with E-state index in [1.807, 2.05) is 35.0 Å². The van der Waals surface area contributed by atoms with Gasteiger partial charge in [0, 0.05) is 6.07 Å². The first-order chi connectivity index (χ1) is 13.2. The number of amides is 1. The lowest BCUT2D eigenvalue weighted by Crippen LogP contribution is -2.23. The van der Waals surface area contributed by atoms with Crippen molar-refractivity contribution in [1.82, 2.24) is 9.78 Å². The number of benzene rings is 2. The molecule has 0 aliphatic heterocycles. The Morgan fingerprint density at radius 3 is 2.67 bits per heavy atom. The lowest BCUT2D eigenvalue weighted by Gasteiger charge is -2.14. The van der Waals surface area contributed by atoms with Crippen molar-refractivity contribution >= 4 is 28.5 Å². The number of nitrogens with zero attached hydrogens (tertiary/aromatic N) is 2. The summed E-state index contributed by atoms with van der Waals surface area (Å²) in [5.41, 5.74) is 0.428. The highest BCUT2D eigenvalue weighted by Crippen LogP contribution is 2.31. The van der Waals surface area contributed by atoms with Crippen molar-refractivity contribution in [3.05, 3.63) is 60.3 Å². The maximum Gasteiger partial charge on any atom is 0.338 e. The Morgan fingerprint density at radius 1 is 1.07 bits per heavy atom. The van der Waals surface area contributed by atoms with E-state index in [9.17, 15) is 9.59 Å². The number of hydrogen-bond donors (Lipinski definition) is 1. The Balaban J connectivity index is 1.36. The molecule has 1 aromatic heterocycles. The molecule has 1 amide bonds. The van der Waals surface area contributed by atoms with Crippen LogP contribution in [0.25, 0.3) is 10.8 Å². The standard InChI is InChI=1S/C21H21N3O3/c25-20(23-19-11-12-22-24(19)18-7-3-4-8-18)14-27-21(26)17-10-9-15-5-1-2-6-16(15)13-17/h1-2,5-6,9-13,18H,3-4,7-8,14H2,(H,23,25). The molecule has 6 heteroatoms. The van der Waals surface area contributed by atoms with Crippen LogP contribution in [0, 0.1) is 0 Å². The summed E-state index contributed by atoms with van der Waals surface area (Å²) in [7, 11) is 0. The van der Waals surface area contributed by atoms with Crippen LogP contribution in [-0.4, -0.2) is 28.3 Å². The van der Waals surface area contributed by atoms with Crippen molar-refractivity contribution < 1.29 is 14.3 Å². The zero-order valence-electron chi connectivity index (χ0n) is 14.9. The van der Waals surface area contributed by atoms with Gasteiger partial charge in [0.2, 0.25) is 0 Å². The number of rotatable bonds is 5. The SMILES string of the molecule is O=C(COC(=O)c1ccc2ccccc2c1)Nc1ccnn1C1CCCC1. The Hall–Kier alpha value is -3.15. The lowest BCUT2D eigenvalue weighted by atomic mass is 10.1. The van der Waals surface area contributed by atoms with Crippen LogP contribution in [0.5, 0.6) is 0 Å². The van der Waals surface area contributed by atoms with Crippen LogP contribution >= 0.6 is 0 Å². The van der Waals surface area contributed by atoms with Gasteiger partial charge < -0.3 is 10.1 Å². The molecule has 1 saturated carbocycles. The van der Waals surface area contributed by atoms with Gasteiger partial charge in [-0.25, -0.2) is 9.48 Å². The van der Waals surface area contributed by atoms with E-state index in [-0.39, 0.29) is 12.5 Å². The number of anilines is 1. The molecule has 0 unspecified atom stereocenters. The van der Waals surface area contributed by atoms with Gasteiger partial charge in [-0.1, -0.05) is 43.2 Å². The van der Waals surface area contributed by atoms with Crippen molar-refractivity contribution in [2.75, 3.05) is 11.9 Å². The van der Waals surface area contributed by atoms with Crippen molar-refractivity contribution in [3.8, 4) is 0 Å². The molecule has 3 aromatic rings. The van der Waals surface area contributed by atoms with Gasteiger partial charge in [0.05, 0.1) is 17.8 Å². The number of carbonyl (C=O) groups excluding carboxylic acids is 2. The summed E-state index contributed by atoms with van der Waals surface area (Å²) in [6.07, 6.45) is 6.18. The number of hydrogen-bond acceptors (Lipinski definition) is 4. The molecular weight excluding hydrogens is 342 g/mol.